The van der Waals surface area contributed by atoms with Crippen LogP contribution in [0.1, 0.15) is 67.1 Å². The molecule has 1 aliphatic heterocycles. The Morgan fingerprint density at radius 1 is 1.20 bits per heavy atom. The van der Waals surface area contributed by atoms with Crippen LogP contribution in [0.2, 0.25) is 5.02 Å². The van der Waals surface area contributed by atoms with Gasteiger partial charge in [0.25, 0.3) is 0 Å². The molecule has 1 saturated heterocycles. The summed E-state index contributed by atoms with van der Waals surface area (Å²) < 4.78 is 40.2. The van der Waals surface area contributed by atoms with Gasteiger partial charge in [-0.25, -0.2) is 4.98 Å². The molecule has 0 amide bonds. The third kappa shape index (κ3) is 4.06. The summed E-state index contributed by atoms with van der Waals surface area (Å²) in [5, 5.41) is -0.327. The van der Waals surface area contributed by atoms with E-state index in [1.807, 2.05) is 0 Å². The minimum absolute atomic E-state index is 0.155. The van der Waals surface area contributed by atoms with Crippen LogP contribution in [0.4, 0.5) is 13.2 Å². The van der Waals surface area contributed by atoms with Gasteiger partial charge < -0.3 is 9.88 Å². The zero-order valence-corrected chi connectivity index (χ0v) is 21.0. The van der Waals surface area contributed by atoms with Gasteiger partial charge in [-0.1, -0.05) is 35.9 Å². The topological polar surface area (TPSA) is 31.9 Å². The first-order chi connectivity index (χ1) is 16.5. The number of allylic oxidation sites excluding steroid dienone is 3. The van der Waals surface area contributed by atoms with Crippen molar-refractivity contribution in [3.8, 4) is 0 Å². The predicted molar refractivity (Wildman–Crippen MR) is 133 cm³/mol. The van der Waals surface area contributed by atoms with Crippen molar-refractivity contribution in [1.29, 1.82) is 0 Å². The van der Waals surface area contributed by atoms with Crippen LogP contribution in [0, 0.1) is 19.9 Å². The minimum atomic E-state index is -4.53. The molecule has 0 bridgehead atoms. The number of hydrogen-bond donors (Lipinski definition) is 1. The molecule has 1 radical (unpaired) electrons. The molecule has 3 nitrogen and oxygen atoms in total. The van der Waals surface area contributed by atoms with Crippen LogP contribution in [0.15, 0.2) is 47.7 Å². The number of aromatic amines is 1. The van der Waals surface area contributed by atoms with Crippen molar-refractivity contribution in [1.82, 2.24) is 14.9 Å². The van der Waals surface area contributed by atoms with E-state index in [0.717, 1.165) is 43.1 Å². The maximum atomic E-state index is 13.4. The van der Waals surface area contributed by atoms with Crippen molar-refractivity contribution >= 4 is 22.6 Å². The van der Waals surface area contributed by atoms with E-state index >= 15 is 0 Å². The van der Waals surface area contributed by atoms with Gasteiger partial charge in [-0.2, -0.15) is 13.2 Å². The molecule has 2 atom stereocenters. The largest absolute Gasteiger partial charge is 0.417 e. The summed E-state index contributed by atoms with van der Waals surface area (Å²) in [6.07, 6.45) is 4.21. The van der Waals surface area contributed by atoms with Crippen LogP contribution < -0.4 is 0 Å². The maximum absolute atomic E-state index is 13.4. The van der Waals surface area contributed by atoms with Crippen molar-refractivity contribution in [3.63, 3.8) is 0 Å². The Labute approximate surface area is 208 Å². The number of nitrogens with one attached hydrogen (secondary N) is 1. The van der Waals surface area contributed by atoms with Crippen LogP contribution in [0.3, 0.4) is 0 Å². The lowest BCUT2D eigenvalue weighted by atomic mass is 9.84. The predicted octanol–water partition coefficient (Wildman–Crippen LogP) is 7.98. The van der Waals surface area contributed by atoms with Gasteiger partial charge in [0, 0.05) is 18.2 Å². The summed E-state index contributed by atoms with van der Waals surface area (Å²) in [5.41, 5.74) is 5.47. The average molecular weight is 499 g/mol. The molecule has 1 aromatic heterocycles. The van der Waals surface area contributed by atoms with E-state index in [1.54, 1.807) is 0 Å². The summed E-state index contributed by atoms with van der Waals surface area (Å²) in [6.45, 7) is 9.33. The van der Waals surface area contributed by atoms with Gasteiger partial charge in [-0.15, -0.1) is 0 Å². The molecule has 1 unspecified atom stereocenters. The smallest absolute Gasteiger partial charge is 0.358 e. The van der Waals surface area contributed by atoms with E-state index in [2.05, 4.69) is 72.9 Å². The molecule has 5 rings (SSSR count). The number of aromatic nitrogens is 2. The Balaban J connectivity index is 1.55. The van der Waals surface area contributed by atoms with E-state index < -0.39 is 17.3 Å². The molecule has 183 valence electrons. The Hall–Kier alpha value is -2.73. The summed E-state index contributed by atoms with van der Waals surface area (Å²) in [7, 11) is 0. The van der Waals surface area contributed by atoms with E-state index in [0.29, 0.717) is 11.3 Å². The number of alkyl halides is 3. The van der Waals surface area contributed by atoms with Gasteiger partial charge >= 0.3 is 6.18 Å². The first-order valence-corrected chi connectivity index (χ1v) is 12.3. The van der Waals surface area contributed by atoms with Gasteiger partial charge in [-0.05, 0) is 87.4 Å². The molecular formula is C28H28ClF3N3. The zero-order chi connectivity index (χ0) is 25.1. The summed E-state index contributed by atoms with van der Waals surface area (Å²) in [4.78, 5) is 10.2. The lowest BCUT2D eigenvalue weighted by Crippen LogP contribution is -2.40. The van der Waals surface area contributed by atoms with Gasteiger partial charge in [-0.3, -0.25) is 0 Å². The third-order valence-corrected chi connectivity index (χ3v) is 7.98. The molecular weight excluding hydrogens is 471 g/mol. The minimum Gasteiger partial charge on any atom is -0.358 e. The second-order valence-electron chi connectivity index (χ2n) is 9.92. The van der Waals surface area contributed by atoms with Gasteiger partial charge in [0.05, 0.1) is 27.2 Å². The molecule has 3 aromatic rings. The Bertz CT molecular complexity index is 1370. The maximum Gasteiger partial charge on any atom is 0.417 e. The second kappa shape index (κ2) is 8.44. The lowest BCUT2D eigenvalue weighted by Gasteiger charge is -2.39. The highest BCUT2D eigenvalue weighted by Crippen LogP contribution is 2.45. The number of likely N-dealkylation sites (tertiary alicyclic amines) is 1. The highest BCUT2D eigenvalue weighted by atomic mass is 35.5. The lowest BCUT2D eigenvalue weighted by molar-refractivity contribution is -0.137. The van der Waals surface area contributed by atoms with Crippen LogP contribution in [-0.4, -0.2) is 21.4 Å². The number of halogens is 4. The van der Waals surface area contributed by atoms with Crippen molar-refractivity contribution in [2.45, 2.75) is 64.6 Å². The van der Waals surface area contributed by atoms with Crippen LogP contribution in [0.25, 0.3) is 11.0 Å². The van der Waals surface area contributed by atoms with E-state index in [4.69, 9.17) is 11.6 Å². The standard InChI is InChI=1S/C28H28ClF3N3/c1-16-7-5-8-20(18(16)3)19-10-9-17(2)25(13-19)35-12-6-11-27(35,4)26-33-23-14-21(28(30,31)32)22(29)15-24(23)34-26/h5,7-9,14-15,19H,6,10-12H2,1-4H3,(H,33,34)/t19?,27-/m0/s1. The van der Waals surface area contributed by atoms with Crippen molar-refractivity contribution in [2.24, 2.45) is 0 Å². The monoisotopic (exact) mass is 498 g/mol. The summed E-state index contributed by atoms with van der Waals surface area (Å²) >= 11 is 5.96. The quantitative estimate of drug-likeness (QED) is 0.397. The van der Waals surface area contributed by atoms with Crippen molar-refractivity contribution in [2.75, 3.05) is 6.54 Å². The van der Waals surface area contributed by atoms with E-state index in [-0.39, 0.29) is 16.5 Å². The second-order valence-corrected chi connectivity index (χ2v) is 10.3. The fourth-order valence-corrected chi connectivity index (χ4v) is 5.72. The Morgan fingerprint density at radius 3 is 2.71 bits per heavy atom. The fraction of sp³-hybridized carbons (Fsp3) is 0.393. The Morgan fingerprint density at radius 2 is 1.97 bits per heavy atom. The number of H-pyrrole nitrogens is 1. The molecule has 35 heavy (non-hydrogen) atoms. The molecule has 0 saturated carbocycles. The molecule has 0 spiro atoms. The molecule has 2 aliphatic rings. The van der Waals surface area contributed by atoms with Gasteiger partial charge in [0.1, 0.15) is 5.82 Å². The number of fused-ring (bicyclic) bond motifs is 1. The molecule has 7 heteroatoms. The van der Waals surface area contributed by atoms with Gasteiger partial charge in [0.2, 0.25) is 0 Å². The highest BCUT2D eigenvalue weighted by molar-refractivity contribution is 6.32. The number of rotatable bonds is 3. The number of benzene rings is 2. The van der Waals surface area contributed by atoms with E-state index in [9.17, 15) is 13.2 Å². The van der Waals surface area contributed by atoms with Gasteiger partial charge in [0.15, 0.2) is 0 Å². The molecule has 2 heterocycles. The van der Waals surface area contributed by atoms with Crippen molar-refractivity contribution < 1.29 is 13.2 Å². The normalized spacial score (nSPS) is 23.1. The van der Waals surface area contributed by atoms with E-state index in [1.165, 1.54) is 22.8 Å². The van der Waals surface area contributed by atoms with Crippen molar-refractivity contribution in [3.05, 3.63) is 86.9 Å². The molecule has 2 aromatic carbocycles. The Kier molecular flexibility index (Phi) is 5.78. The average Bonchev–Trinajstić information content (AvgIpc) is 3.39. The van der Waals surface area contributed by atoms with Crippen LogP contribution in [0.5, 0.6) is 0 Å². The van der Waals surface area contributed by atoms with Crippen LogP contribution in [-0.2, 0) is 11.7 Å². The number of imidazole rings is 1. The number of nitrogens with zero attached hydrogens (tertiary/aromatic N) is 2. The molecule has 1 fully saturated rings. The zero-order valence-electron chi connectivity index (χ0n) is 20.3. The molecule has 1 aliphatic carbocycles. The first-order valence-electron chi connectivity index (χ1n) is 11.9. The summed E-state index contributed by atoms with van der Waals surface area (Å²) in [5.74, 6) is 0.804. The highest BCUT2D eigenvalue weighted by Gasteiger charge is 2.43. The number of aryl methyl sites for hydroxylation is 1. The number of hydrogen-bond acceptors (Lipinski definition) is 2. The summed E-state index contributed by atoms with van der Waals surface area (Å²) in [6, 6.07) is 8.76. The van der Waals surface area contributed by atoms with Crippen LogP contribution >= 0.6 is 11.6 Å². The molecule has 1 N–H and O–H groups in total. The fourth-order valence-electron chi connectivity index (χ4n) is 5.45. The third-order valence-electron chi connectivity index (χ3n) is 7.66. The first kappa shape index (κ1) is 24.0. The SMILES string of the molecule is CC1=CCC(c2cccc(C)c2C)[C]=C1N1CCC[C@@]1(C)c1nc2cc(C(F)(F)F)c(Cl)cc2[nH]1.